The Balaban J connectivity index is 2.79. The first-order valence-electron chi connectivity index (χ1n) is 5.05. The van der Waals surface area contributed by atoms with Gasteiger partial charge in [0.05, 0.1) is 18.8 Å². The van der Waals surface area contributed by atoms with Gasteiger partial charge in [-0.05, 0) is 25.5 Å². The first-order valence-corrected chi connectivity index (χ1v) is 5.05. The van der Waals surface area contributed by atoms with Crippen molar-refractivity contribution >= 4 is 5.69 Å². The normalized spacial score (nSPS) is 14.7. The fourth-order valence-corrected chi connectivity index (χ4v) is 1.48. The lowest BCUT2D eigenvalue weighted by Crippen LogP contribution is -2.43. The van der Waals surface area contributed by atoms with Gasteiger partial charge < -0.3 is 15.2 Å². The molecule has 0 aliphatic rings. The van der Waals surface area contributed by atoms with Crippen LogP contribution in [0, 0.1) is 6.92 Å². The number of aryl methyl sites for hydroxylation is 1. The molecule has 1 atom stereocenters. The molecular formula is C12H19NO2. The lowest BCUT2D eigenvalue weighted by molar-refractivity contribution is 0.108. The molecule has 0 aliphatic heterocycles. The van der Waals surface area contributed by atoms with Gasteiger partial charge in [-0.2, -0.15) is 0 Å². The van der Waals surface area contributed by atoms with Crippen molar-refractivity contribution in [1.29, 1.82) is 0 Å². The van der Waals surface area contributed by atoms with Crippen molar-refractivity contribution < 1.29 is 9.84 Å². The van der Waals surface area contributed by atoms with E-state index >= 15 is 0 Å². The van der Waals surface area contributed by atoms with E-state index in [1.54, 1.807) is 7.11 Å². The highest BCUT2D eigenvalue weighted by Crippen LogP contribution is 2.19. The summed E-state index contributed by atoms with van der Waals surface area (Å²) in [7, 11) is 1.63. The van der Waals surface area contributed by atoms with Gasteiger partial charge >= 0.3 is 0 Å². The Morgan fingerprint density at radius 1 is 1.40 bits per heavy atom. The Kier molecular flexibility index (Phi) is 4.12. The molecule has 1 unspecified atom stereocenters. The van der Waals surface area contributed by atoms with Crippen molar-refractivity contribution in [2.75, 3.05) is 25.6 Å². The number of aliphatic hydroxyl groups is 1. The first kappa shape index (κ1) is 12.0. The lowest BCUT2D eigenvalue weighted by atomic mass is 10.0. The molecule has 1 aromatic carbocycles. The van der Waals surface area contributed by atoms with Gasteiger partial charge in [-0.1, -0.05) is 18.2 Å². The number of nitrogens with one attached hydrogen (secondary N) is 1. The van der Waals surface area contributed by atoms with Crippen LogP contribution >= 0.6 is 0 Å². The lowest BCUT2D eigenvalue weighted by Gasteiger charge is -2.29. The molecule has 0 fully saturated rings. The van der Waals surface area contributed by atoms with Crippen molar-refractivity contribution in [2.24, 2.45) is 0 Å². The predicted octanol–water partition coefficient (Wildman–Crippen LogP) is 1.80. The molecule has 0 aromatic heterocycles. The molecule has 0 bridgehead atoms. The maximum atomic E-state index is 9.33. The zero-order valence-corrected chi connectivity index (χ0v) is 9.58. The van der Waals surface area contributed by atoms with Crippen LogP contribution in [0.3, 0.4) is 0 Å². The van der Waals surface area contributed by atoms with Crippen molar-refractivity contribution in [1.82, 2.24) is 0 Å². The second-order valence-electron chi connectivity index (χ2n) is 4.09. The Hall–Kier alpha value is -1.06. The summed E-state index contributed by atoms with van der Waals surface area (Å²) in [4.78, 5) is 0. The van der Waals surface area contributed by atoms with Gasteiger partial charge in [-0.25, -0.2) is 0 Å². The molecule has 1 aromatic rings. The summed E-state index contributed by atoms with van der Waals surface area (Å²) in [6.07, 6.45) is 0. The molecule has 84 valence electrons. The maximum Gasteiger partial charge on any atom is 0.0809 e. The number of methoxy groups -OCH3 is 1. The van der Waals surface area contributed by atoms with Crippen LogP contribution in [0.25, 0.3) is 0 Å². The second-order valence-corrected chi connectivity index (χ2v) is 4.09. The summed E-state index contributed by atoms with van der Waals surface area (Å²) in [6, 6.07) is 8.00. The van der Waals surface area contributed by atoms with Crippen LogP contribution in [0.15, 0.2) is 24.3 Å². The summed E-state index contributed by atoms with van der Waals surface area (Å²) < 4.78 is 5.09. The number of ether oxygens (including phenoxy) is 1. The highest BCUT2D eigenvalue weighted by Gasteiger charge is 2.23. The van der Waals surface area contributed by atoms with Gasteiger partial charge in [0.15, 0.2) is 0 Å². The van der Waals surface area contributed by atoms with Crippen LogP contribution in [0.5, 0.6) is 0 Å². The molecule has 0 spiro atoms. The van der Waals surface area contributed by atoms with E-state index in [9.17, 15) is 5.11 Å². The maximum absolute atomic E-state index is 9.33. The summed E-state index contributed by atoms with van der Waals surface area (Å²) in [5.74, 6) is 0. The van der Waals surface area contributed by atoms with Gasteiger partial charge in [0, 0.05) is 12.8 Å². The number of hydrogen-bond donors (Lipinski definition) is 2. The monoisotopic (exact) mass is 209 g/mol. The molecule has 0 saturated heterocycles. The number of para-hydroxylation sites is 1. The van der Waals surface area contributed by atoms with Crippen molar-refractivity contribution in [3.63, 3.8) is 0 Å². The fraction of sp³-hybridized carbons (Fsp3) is 0.500. The van der Waals surface area contributed by atoms with Crippen molar-refractivity contribution in [3.8, 4) is 0 Å². The van der Waals surface area contributed by atoms with E-state index < -0.39 is 5.54 Å². The predicted molar refractivity (Wildman–Crippen MR) is 62.2 cm³/mol. The quantitative estimate of drug-likeness (QED) is 0.777. The molecule has 0 amide bonds. The third-order valence-corrected chi connectivity index (χ3v) is 2.39. The Bertz CT molecular complexity index is 314. The molecular weight excluding hydrogens is 190 g/mol. The van der Waals surface area contributed by atoms with E-state index in [0.717, 1.165) is 11.3 Å². The molecule has 0 radical (unpaired) electrons. The largest absolute Gasteiger partial charge is 0.394 e. The van der Waals surface area contributed by atoms with Gasteiger partial charge in [0.1, 0.15) is 0 Å². The minimum Gasteiger partial charge on any atom is -0.394 e. The average Bonchev–Trinajstić information content (AvgIpc) is 2.22. The van der Waals surface area contributed by atoms with Gasteiger partial charge in [0.25, 0.3) is 0 Å². The standard InChI is InChI=1S/C12H19NO2/c1-10-6-4-5-7-11(10)13-12(2,8-14)9-15-3/h4-7,13-14H,8-9H2,1-3H3. The van der Waals surface area contributed by atoms with Gasteiger partial charge in [-0.15, -0.1) is 0 Å². The third kappa shape index (κ3) is 3.22. The Labute approximate surface area is 91.1 Å². The number of hydrogen-bond acceptors (Lipinski definition) is 3. The SMILES string of the molecule is COCC(C)(CO)Nc1ccccc1C. The molecule has 0 aliphatic carbocycles. The molecule has 3 nitrogen and oxygen atoms in total. The molecule has 15 heavy (non-hydrogen) atoms. The van der Waals surface area contributed by atoms with E-state index in [4.69, 9.17) is 4.74 Å². The van der Waals surface area contributed by atoms with Gasteiger partial charge in [0.2, 0.25) is 0 Å². The summed E-state index contributed by atoms with van der Waals surface area (Å²) in [6.45, 7) is 4.48. The number of rotatable bonds is 5. The zero-order chi connectivity index (χ0) is 11.3. The van der Waals surface area contributed by atoms with Crippen LogP contribution in [0.1, 0.15) is 12.5 Å². The molecule has 0 heterocycles. The zero-order valence-electron chi connectivity index (χ0n) is 9.58. The van der Waals surface area contributed by atoms with Crippen molar-refractivity contribution in [3.05, 3.63) is 29.8 Å². The molecule has 0 saturated carbocycles. The first-order chi connectivity index (χ1) is 7.11. The van der Waals surface area contributed by atoms with E-state index in [-0.39, 0.29) is 6.61 Å². The van der Waals surface area contributed by atoms with Crippen LogP contribution in [0.4, 0.5) is 5.69 Å². The van der Waals surface area contributed by atoms with Crippen LogP contribution < -0.4 is 5.32 Å². The summed E-state index contributed by atoms with van der Waals surface area (Å²) in [5, 5.41) is 12.6. The minimum atomic E-state index is -0.430. The summed E-state index contributed by atoms with van der Waals surface area (Å²) >= 11 is 0. The van der Waals surface area contributed by atoms with Crippen molar-refractivity contribution in [2.45, 2.75) is 19.4 Å². The molecule has 3 heteroatoms. The topological polar surface area (TPSA) is 41.5 Å². The van der Waals surface area contributed by atoms with E-state index in [2.05, 4.69) is 5.32 Å². The third-order valence-electron chi connectivity index (χ3n) is 2.39. The van der Waals surface area contributed by atoms with Crippen LogP contribution in [-0.2, 0) is 4.74 Å². The number of aliphatic hydroxyl groups excluding tert-OH is 1. The highest BCUT2D eigenvalue weighted by molar-refractivity contribution is 5.52. The smallest absolute Gasteiger partial charge is 0.0809 e. The Morgan fingerprint density at radius 3 is 2.60 bits per heavy atom. The number of benzene rings is 1. The molecule has 2 N–H and O–H groups in total. The number of anilines is 1. The summed E-state index contributed by atoms with van der Waals surface area (Å²) in [5.41, 5.74) is 1.76. The molecule has 1 rings (SSSR count). The van der Waals surface area contributed by atoms with Crippen LogP contribution in [-0.4, -0.2) is 31.0 Å². The van der Waals surface area contributed by atoms with E-state index in [1.165, 1.54) is 0 Å². The van der Waals surface area contributed by atoms with Gasteiger partial charge in [-0.3, -0.25) is 0 Å². The second kappa shape index (κ2) is 5.14. The van der Waals surface area contributed by atoms with E-state index in [0.29, 0.717) is 6.61 Å². The highest BCUT2D eigenvalue weighted by atomic mass is 16.5. The fourth-order valence-electron chi connectivity index (χ4n) is 1.48. The van der Waals surface area contributed by atoms with E-state index in [1.807, 2.05) is 38.1 Å². The van der Waals surface area contributed by atoms with Crippen LogP contribution in [0.2, 0.25) is 0 Å². The average molecular weight is 209 g/mol. The minimum absolute atomic E-state index is 0.0369. The Morgan fingerprint density at radius 2 is 2.07 bits per heavy atom.